The average molecular weight is 283 g/mol. The van der Waals surface area contributed by atoms with E-state index < -0.39 is 17.8 Å². The molecule has 4 nitrogen and oxygen atoms in total. The van der Waals surface area contributed by atoms with E-state index in [1.54, 1.807) is 6.08 Å². The summed E-state index contributed by atoms with van der Waals surface area (Å²) in [7, 11) is 0. The van der Waals surface area contributed by atoms with Crippen LogP contribution < -0.4 is 5.73 Å². The SMILES string of the molecule is CCCCCCCCCC/C=C/C(CC(N)=O)C(=O)O. The number of nitrogens with two attached hydrogens (primary N) is 1. The van der Waals surface area contributed by atoms with Crippen LogP contribution in [-0.2, 0) is 9.59 Å². The minimum absolute atomic E-state index is 0.122. The lowest BCUT2D eigenvalue weighted by Gasteiger charge is -2.04. The van der Waals surface area contributed by atoms with Crippen LogP contribution in [0.3, 0.4) is 0 Å². The lowest BCUT2D eigenvalue weighted by molar-refractivity contribution is -0.141. The number of allylic oxidation sites excluding steroid dienone is 1. The van der Waals surface area contributed by atoms with Crippen molar-refractivity contribution in [2.75, 3.05) is 0 Å². The maximum atomic E-state index is 10.9. The van der Waals surface area contributed by atoms with E-state index in [2.05, 4.69) is 6.92 Å². The van der Waals surface area contributed by atoms with Gasteiger partial charge in [0, 0.05) is 6.42 Å². The van der Waals surface area contributed by atoms with Crippen molar-refractivity contribution in [2.45, 2.75) is 71.1 Å². The fraction of sp³-hybridized carbons (Fsp3) is 0.750. The van der Waals surface area contributed by atoms with Crippen LogP contribution in [0.15, 0.2) is 12.2 Å². The summed E-state index contributed by atoms with van der Waals surface area (Å²) < 4.78 is 0. The molecule has 116 valence electrons. The van der Waals surface area contributed by atoms with Crippen LogP contribution in [0.4, 0.5) is 0 Å². The average Bonchev–Trinajstić information content (AvgIpc) is 2.39. The van der Waals surface area contributed by atoms with Gasteiger partial charge >= 0.3 is 5.97 Å². The molecule has 1 unspecified atom stereocenters. The predicted molar refractivity (Wildman–Crippen MR) is 81.3 cm³/mol. The van der Waals surface area contributed by atoms with Crippen molar-refractivity contribution in [2.24, 2.45) is 11.7 Å². The molecular formula is C16H29NO3. The highest BCUT2D eigenvalue weighted by Gasteiger charge is 2.15. The molecule has 0 rings (SSSR count). The fourth-order valence-corrected chi connectivity index (χ4v) is 2.11. The summed E-state index contributed by atoms with van der Waals surface area (Å²) in [5, 5.41) is 8.91. The van der Waals surface area contributed by atoms with Gasteiger partial charge in [0.2, 0.25) is 5.91 Å². The van der Waals surface area contributed by atoms with Gasteiger partial charge in [-0.25, -0.2) is 0 Å². The Morgan fingerprint density at radius 2 is 1.60 bits per heavy atom. The molecule has 0 aliphatic rings. The van der Waals surface area contributed by atoms with E-state index in [1.807, 2.05) is 6.08 Å². The third-order valence-electron chi connectivity index (χ3n) is 3.33. The zero-order chi connectivity index (χ0) is 15.2. The van der Waals surface area contributed by atoms with Crippen LogP contribution in [0.5, 0.6) is 0 Å². The minimum atomic E-state index is -0.990. The largest absolute Gasteiger partial charge is 0.481 e. The van der Waals surface area contributed by atoms with Crippen LogP contribution in [0.2, 0.25) is 0 Å². The molecule has 1 atom stereocenters. The lowest BCUT2D eigenvalue weighted by Crippen LogP contribution is -2.20. The van der Waals surface area contributed by atoms with E-state index in [0.29, 0.717) is 0 Å². The number of primary amides is 1. The Bertz CT molecular complexity index is 300. The van der Waals surface area contributed by atoms with Crippen molar-refractivity contribution in [3.8, 4) is 0 Å². The third-order valence-corrected chi connectivity index (χ3v) is 3.33. The number of unbranched alkanes of at least 4 members (excludes halogenated alkanes) is 8. The van der Waals surface area contributed by atoms with E-state index in [4.69, 9.17) is 10.8 Å². The number of amides is 1. The Morgan fingerprint density at radius 1 is 1.05 bits per heavy atom. The zero-order valence-electron chi connectivity index (χ0n) is 12.6. The maximum Gasteiger partial charge on any atom is 0.310 e. The van der Waals surface area contributed by atoms with Gasteiger partial charge in [-0.2, -0.15) is 0 Å². The maximum absolute atomic E-state index is 10.9. The molecule has 0 spiro atoms. The van der Waals surface area contributed by atoms with Crippen molar-refractivity contribution in [3.05, 3.63) is 12.2 Å². The highest BCUT2D eigenvalue weighted by atomic mass is 16.4. The summed E-state index contributed by atoms with van der Waals surface area (Å²) in [5.74, 6) is -2.34. The van der Waals surface area contributed by atoms with E-state index in [0.717, 1.165) is 12.8 Å². The Balaban J connectivity index is 3.58. The van der Waals surface area contributed by atoms with Crippen molar-refractivity contribution >= 4 is 11.9 Å². The van der Waals surface area contributed by atoms with Crippen LogP contribution in [0, 0.1) is 5.92 Å². The van der Waals surface area contributed by atoms with E-state index in [-0.39, 0.29) is 6.42 Å². The summed E-state index contributed by atoms with van der Waals surface area (Å²) in [4.78, 5) is 21.6. The molecular weight excluding hydrogens is 254 g/mol. The number of carboxylic acids is 1. The second-order valence-electron chi connectivity index (χ2n) is 5.31. The number of rotatable bonds is 13. The first-order valence-corrected chi connectivity index (χ1v) is 7.75. The molecule has 20 heavy (non-hydrogen) atoms. The molecule has 0 aromatic heterocycles. The molecule has 0 radical (unpaired) electrons. The first kappa shape index (κ1) is 18.7. The first-order valence-electron chi connectivity index (χ1n) is 7.75. The molecule has 0 aromatic rings. The van der Waals surface area contributed by atoms with Crippen molar-refractivity contribution < 1.29 is 14.7 Å². The molecule has 0 fully saturated rings. The van der Waals surface area contributed by atoms with Gasteiger partial charge in [0.15, 0.2) is 0 Å². The molecule has 3 N–H and O–H groups in total. The van der Waals surface area contributed by atoms with Crippen molar-refractivity contribution in [1.29, 1.82) is 0 Å². The highest BCUT2D eigenvalue weighted by Crippen LogP contribution is 2.11. The minimum Gasteiger partial charge on any atom is -0.481 e. The number of aliphatic carboxylic acids is 1. The van der Waals surface area contributed by atoms with Crippen LogP contribution in [-0.4, -0.2) is 17.0 Å². The topological polar surface area (TPSA) is 80.4 Å². The number of hydrogen-bond acceptors (Lipinski definition) is 2. The van der Waals surface area contributed by atoms with E-state index >= 15 is 0 Å². The van der Waals surface area contributed by atoms with Gasteiger partial charge in [0.05, 0.1) is 5.92 Å². The van der Waals surface area contributed by atoms with Crippen molar-refractivity contribution in [3.63, 3.8) is 0 Å². The Hall–Kier alpha value is -1.32. The van der Waals surface area contributed by atoms with Gasteiger partial charge in [-0.15, -0.1) is 0 Å². The molecule has 0 aromatic carbocycles. The number of carboxylic acid groups (broad SMARTS) is 1. The second-order valence-corrected chi connectivity index (χ2v) is 5.31. The van der Waals surface area contributed by atoms with Gasteiger partial charge in [0.1, 0.15) is 0 Å². The lowest BCUT2D eigenvalue weighted by atomic mass is 10.0. The summed E-state index contributed by atoms with van der Waals surface area (Å²) in [6.45, 7) is 2.22. The van der Waals surface area contributed by atoms with Crippen LogP contribution in [0.25, 0.3) is 0 Å². The fourth-order valence-electron chi connectivity index (χ4n) is 2.11. The van der Waals surface area contributed by atoms with Gasteiger partial charge < -0.3 is 10.8 Å². The Morgan fingerprint density at radius 3 is 2.10 bits per heavy atom. The standard InChI is InChI=1S/C16H29NO3/c1-2-3-4-5-6-7-8-9-10-11-12-14(16(19)20)13-15(17)18/h11-12,14H,2-10,13H2,1H3,(H2,17,18)(H,19,20)/b12-11+. The van der Waals surface area contributed by atoms with Crippen molar-refractivity contribution in [1.82, 2.24) is 0 Å². The molecule has 4 heteroatoms. The molecule has 0 aliphatic carbocycles. The third kappa shape index (κ3) is 11.8. The van der Waals surface area contributed by atoms with Gasteiger partial charge in [-0.3, -0.25) is 9.59 Å². The second kappa shape index (κ2) is 12.7. The molecule has 0 heterocycles. The van der Waals surface area contributed by atoms with Gasteiger partial charge in [-0.1, -0.05) is 64.0 Å². The molecule has 1 amide bonds. The zero-order valence-corrected chi connectivity index (χ0v) is 12.6. The molecule has 0 saturated heterocycles. The highest BCUT2D eigenvalue weighted by molar-refractivity contribution is 5.82. The normalized spacial score (nSPS) is 12.7. The smallest absolute Gasteiger partial charge is 0.310 e. The number of carbonyl (C=O) groups is 2. The monoisotopic (exact) mass is 283 g/mol. The number of hydrogen-bond donors (Lipinski definition) is 2. The Labute approximate surface area is 122 Å². The Kier molecular flexibility index (Phi) is 11.9. The quantitative estimate of drug-likeness (QED) is 0.400. The van der Waals surface area contributed by atoms with Gasteiger partial charge in [-0.05, 0) is 12.8 Å². The summed E-state index contributed by atoms with van der Waals surface area (Å²) >= 11 is 0. The summed E-state index contributed by atoms with van der Waals surface area (Å²) in [6, 6.07) is 0. The van der Waals surface area contributed by atoms with Crippen LogP contribution >= 0.6 is 0 Å². The molecule has 0 aliphatic heterocycles. The summed E-state index contributed by atoms with van der Waals surface area (Å²) in [6.07, 6.45) is 14.3. The predicted octanol–water partition coefficient (Wildman–Crippen LogP) is 3.65. The molecule has 0 bridgehead atoms. The first-order chi connectivity index (χ1) is 9.57. The molecule has 0 saturated carbocycles. The summed E-state index contributed by atoms with van der Waals surface area (Å²) in [5.41, 5.74) is 5.01. The van der Waals surface area contributed by atoms with E-state index in [9.17, 15) is 9.59 Å². The van der Waals surface area contributed by atoms with Crippen LogP contribution in [0.1, 0.15) is 71.1 Å². The van der Waals surface area contributed by atoms with Gasteiger partial charge in [0.25, 0.3) is 0 Å². The number of carbonyl (C=O) groups excluding carboxylic acids is 1. The van der Waals surface area contributed by atoms with E-state index in [1.165, 1.54) is 44.9 Å².